The minimum absolute atomic E-state index is 0.0309. The molecule has 1 fully saturated rings. The molecule has 1 aromatic rings. The number of aromatic nitrogens is 3. The average Bonchev–Trinajstić information content (AvgIpc) is 2.89. The first kappa shape index (κ1) is 12.0. The van der Waals surface area contributed by atoms with Gasteiger partial charge in [0.25, 0.3) is 0 Å². The summed E-state index contributed by atoms with van der Waals surface area (Å²) in [6.45, 7) is 3.21. The van der Waals surface area contributed by atoms with E-state index < -0.39 is 0 Å². The Hall–Kier alpha value is -1.43. The highest BCUT2D eigenvalue weighted by Crippen LogP contribution is 2.23. The molecule has 94 valence electrons. The molecule has 1 aliphatic heterocycles. The Bertz CT molecular complexity index is 352. The Morgan fingerprint density at radius 2 is 2.59 bits per heavy atom. The van der Waals surface area contributed by atoms with E-state index in [0.29, 0.717) is 12.4 Å². The summed E-state index contributed by atoms with van der Waals surface area (Å²) in [5.74, 6) is 0.688. The maximum absolute atomic E-state index is 12.0. The predicted octanol–water partition coefficient (Wildman–Crippen LogP) is 0.626. The molecule has 0 spiro atoms. The number of hydrogen-bond acceptors (Lipinski definition) is 4. The monoisotopic (exact) mass is 238 g/mol. The molecule has 2 N–H and O–H groups in total. The third kappa shape index (κ3) is 3.03. The van der Waals surface area contributed by atoms with Gasteiger partial charge in [0.05, 0.1) is 18.6 Å². The second-order valence-electron chi connectivity index (χ2n) is 4.22. The summed E-state index contributed by atoms with van der Waals surface area (Å²) in [5, 5.41) is 9.31. The smallest absolute Gasteiger partial charge is 0.226 e. The molecule has 2 atom stereocenters. The van der Waals surface area contributed by atoms with E-state index in [9.17, 15) is 4.79 Å². The molecule has 0 bridgehead atoms. The Balaban J connectivity index is 1.85. The van der Waals surface area contributed by atoms with Gasteiger partial charge in [-0.1, -0.05) is 6.92 Å². The first-order valence-electron chi connectivity index (χ1n) is 6.04. The molecule has 1 amide bonds. The first-order chi connectivity index (χ1) is 8.31. The summed E-state index contributed by atoms with van der Waals surface area (Å²) < 4.78 is 5.60. The van der Waals surface area contributed by atoms with Crippen LogP contribution in [0.4, 0.5) is 0 Å². The molecule has 1 aromatic heterocycles. The molecule has 0 radical (unpaired) electrons. The lowest BCUT2D eigenvalue weighted by molar-refractivity contribution is -0.134. The molecule has 0 saturated carbocycles. The minimum Gasteiger partial charge on any atom is -0.377 e. The highest BCUT2D eigenvalue weighted by atomic mass is 16.5. The Labute approximate surface area is 100 Å². The van der Waals surface area contributed by atoms with Crippen LogP contribution in [0.3, 0.4) is 0 Å². The first-order valence-corrected chi connectivity index (χ1v) is 6.04. The summed E-state index contributed by atoms with van der Waals surface area (Å²) in [7, 11) is 0. The van der Waals surface area contributed by atoms with Crippen LogP contribution in [-0.4, -0.2) is 33.8 Å². The molecule has 2 heterocycles. The van der Waals surface area contributed by atoms with Gasteiger partial charge in [0.1, 0.15) is 12.2 Å². The molecule has 2 rings (SSSR count). The van der Waals surface area contributed by atoms with Crippen LogP contribution >= 0.6 is 0 Å². The van der Waals surface area contributed by atoms with Gasteiger partial charge in [-0.15, -0.1) is 0 Å². The SMILES string of the molecule is CC[C@@H]1OCCC[C@H]1C(=O)NCc1ncn[nH]1. The molecule has 0 unspecified atom stereocenters. The maximum atomic E-state index is 12.0. The van der Waals surface area contributed by atoms with Gasteiger partial charge < -0.3 is 10.1 Å². The van der Waals surface area contributed by atoms with E-state index >= 15 is 0 Å². The van der Waals surface area contributed by atoms with Gasteiger partial charge in [0.2, 0.25) is 5.91 Å². The van der Waals surface area contributed by atoms with Crippen LogP contribution in [-0.2, 0) is 16.1 Å². The van der Waals surface area contributed by atoms with Crippen LogP contribution in [0.25, 0.3) is 0 Å². The Morgan fingerprint density at radius 3 is 3.29 bits per heavy atom. The van der Waals surface area contributed by atoms with Crippen molar-refractivity contribution in [2.75, 3.05) is 6.61 Å². The number of carbonyl (C=O) groups excluding carboxylic acids is 1. The van der Waals surface area contributed by atoms with Crippen LogP contribution in [0.15, 0.2) is 6.33 Å². The van der Waals surface area contributed by atoms with E-state index in [1.54, 1.807) is 0 Å². The lowest BCUT2D eigenvalue weighted by atomic mass is 9.92. The standard InChI is InChI=1S/C11H18N4O2/c1-2-9-8(4-3-5-17-9)11(16)12-6-10-13-7-14-15-10/h7-9H,2-6H2,1H3,(H,12,16)(H,13,14,15)/t8-,9+/m1/s1. The fraction of sp³-hybridized carbons (Fsp3) is 0.727. The number of nitrogens with one attached hydrogen (secondary N) is 2. The zero-order valence-electron chi connectivity index (χ0n) is 9.98. The summed E-state index contributed by atoms with van der Waals surface area (Å²) in [6.07, 6.45) is 4.22. The van der Waals surface area contributed by atoms with Gasteiger partial charge in [0, 0.05) is 6.61 Å². The van der Waals surface area contributed by atoms with Crippen LogP contribution in [0.1, 0.15) is 32.0 Å². The predicted molar refractivity (Wildman–Crippen MR) is 61.0 cm³/mol. The normalized spacial score (nSPS) is 24.5. The number of nitrogens with zero attached hydrogens (tertiary/aromatic N) is 2. The van der Waals surface area contributed by atoms with Crippen molar-refractivity contribution < 1.29 is 9.53 Å². The van der Waals surface area contributed by atoms with E-state index in [4.69, 9.17) is 4.74 Å². The van der Waals surface area contributed by atoms with Gasteiger partial charge in [-0.2, -0.15) is 5.10 Å². The van der Waals surface area contributed by atoms with Crippen LogP contribution in [0, 0.1) is 5.92 Å². The van der Waals surface area contributed by atoms with Crippen molar-refractivity contribution in [1.82, 2.24) is 20.5 Å². The third-order valence-corrected chi connectivity index (χ3v) is 3.07. The van der Waals surface area contributed by atoms with E-state index in [0.717, 1.165) is 25.9 Å². The summed E-state index contributed by atoms with van der Waals surface area (Å²) >= 11 is 0. The lowest BCUT2D eigenvalue weighted by Gasteiger charge is -2.29. The molecule has 1 aliphatic rings. The van der Waals surface area contributed by atoms with E-state index in [-0.39, 0.29) is 17.9 Å². The second kappa shape index (κ2) is 5.77. The molecular weight excluding hydrogens is 220 g/mol. The third-order valence-electron chi connectivity index (χ3n) is 3.07. The van der Waals surface area contributed by atoms with E-state index in [1.807, 2.05) is 6.92 Å². The topological polar surface area (TPSA) is 79.9 Å². The van der Waals surface area contributed by atoms with Crippen molar-refractivity contribution in [2.24, 2.45) is 5.92 Å². The molecule has 1 saturated heterocycles. The second-order valence-corrected chi connectivity index (χ2v) is 4.22. The van der Waals surface area contributed by atoms with Crippen molar-refractivity contribution in [2.45, 2.75) is 38.8 Å². The molecule has 6 heteroatoms. The van der Waals surface area contributed by atoms with Crippen LogP contribution in [0.2, 0.25) is 0 Å². The highest BCUT2D eigenvalue weighted by molar-refractivity contribution is 5.79. The zero-order valence-corrected chi connectivity index (χ0v) is 9.98. The van der Waals surface area contributed by atoms with E-state index in [1.165, 1.54) is 6.33 Å². The minimum atomic E-state index is -0.0309. The van der Waals surface area contributed by atoms with Gasteiger partial charge in [-0.05, 0) is 19.3 Å². The number of carbonyl (C=O) groups is 1. The van der Waals surface area contributed by atoms with Crippen molar-refractivity contribution in [3.05, 3.63) is 12.2 Å². The van der Waals surface area contributed by atoms with Crippen molar-refractivity contribution in [3.63, 3.8) is 0 Å². The van der Waals surface area contributed by atoms with Gasteiger partial charge in [-0.25, -0.2) is 4.98 Å². The maximum Gasteiger partial charge on any atom is 0.226 e. The molecule has 0 aliphatic carbocycles. The molecule has 6 nitrogen and oxygen atoms in total. The van der Waals surface area contributed by atoms with Crippen molar-refractivity contribution in [1.29, 1.82) is 0 Å². The fourth-order valence-corrected chi connectivity index (χ4v) is 2.16. The largest absolute Gasteiger partial charge is 0.377 e. The van der Waals surface area contributed by atoms with Crippen LogP contribution < -0.4 is 5.32 Å². The van der Waals surface area contributed by atoms with Gasteiger partial charge in [0.15, 0.2) is 0 Å². The van der Waals surface area contributed by atoms with Gasteiger partial charge >= 0.3 is 0 Å². The number of amides is 1. The van der Waals surface area contributed by atoms with Crippen molar-refractivity contribution >= 4 is 5.91 Å². The highest BCUT2D eigenvalue weighted by Gasteiger charge is 2.30. The number of rotatable bonds is 4. The summed E-state index contributed by atoms with van der Waals surface area (Å²) in [5.41, 5.74) is 0. The summed E-state index contributed by atoms with van der Waals surface area (Å²) in [4.78, 5) is 16.0. The number of aromatic amines is 1. The fourth-order valence-electron chi connectivity index (χ4n) is 2.16. The van der Waals surface area contributed by atoms with E-state index in [2.05, 4.69) is 20.5 Å². The Kier molecular flexibility index (Phi) is 4.08. The average molecular weight is 238 g/mol. The molecule has 17 heavy (non-hydrogen) atoms. The number of H-pyrrole nitrogens is 1. The lowest BCUT2D eigenvalue weighted by Crippen LogP contribution is -2.41. The quantitative estimate of drug-likeness (QED) is 0.806. The number of ether oxygens (including phenoxy) is 1. The number of hydrogen-bond donors (Lipinski definition) is 2. The van der Waals surface area contributed by atoms with Crippen molar-refractivity contribution in [3.8, 4) is 0 Å². The molecular formula is C11H18N4O2. The van der Waals surface area contributed by atoms with Crippen LogP contribution in [0.5, 0.6) is 0 Å². The zero-order chi connectivity index (χ0) is 12.1. The Morgan fingerprint density at radius 1 is 1.71 bits per heavy atom. The summed E-state index contributed by atoms with van der Waals surface area (Å²) in [6, 6.07) is 0. The van der Waals surface area contributed by atoms with Gasteiger partial charge in [-0.3, -0.25) is 9.89 Å². The molecule has 0 aromatic carbocycles.